The van der Waals surface area contributed by atoms with E-state index in [1.807, 2.05) is 19.1 Å². The van der Waals surface area contributed by atoms with Crippen LogP contribution in [0.3, 0.4) is 0 Å². The molecule has 1 aliphatic heterocycles. The molecule has 0 saturated carbocycles. The standard InChI is InChI=1S/C22H17ClF2N6/c1-12-9-19(30-29-12)27-22-26-11-13-7-8-31(21-16(24)3-2-4-17(21)25)18-10-14(23)5-6-15(18)20(13)28-22/h2-6,9-11H,7-8H2,1H3,(H2,26,27,28,29,30). The van der Waals surface area contributed by atoms with Crippen molar-refractivity contribution >= 4 is 34.7 Å². The van der Waals surface area contributed by atoms with E-state index in [2.05, 4.69) is 25.5 Å². The molecule has 0 aliphatic carbocycles. The third-order valence-electron chi connectivity index (χ3n) is 5.13. The summed E-state index contributed by atoms with van der Waals surface area (Å²) in [7, 11) is 0. The van der Waals surface area contributed by atoms with Gasteiger partial charge in [-0.3, -0.25) is 5.10 Å². The fourth-order valence-electron chi connectivity index (χ4n) is 3.74. The molecule has 0 unspecified atom stereocenters. The van der Waals surface area contributed by atoms with Gasteiger partial charge in [0.2, 0.25) is 5.95 Å². The Morgan fingerprint density at radius 2 is 1.94 bits per heavy atom. The molecule has 0 radical (unpaired) electrons. The maximum absolute atomic E-state index is 14.6. The van der Waals surface area contributed by atoms with E-state index in [1.165, 1.54) is 18.2 Å². The molecule has 0 fully saturated rings. The van der Waals surface area contributed by atoms with Gasteiger partial charge in [-0.2, -0.15) is 5.10 Å². The number of aromatic nitrogens is 4. The van der Waals surface area contributed by atoms with Crippen molar-refractivity contribution in [2.24, 2.45) is 0 Å². The van der Waals surface area contributed by atoms with Crippen LogP contribution in [0.5, 0.6) is 0 Å². The van der Waals surface area contributed by atoms with Crippen molar-refractivity contribution in [3.63, 3.8) is 0 Å². The van der Waals surface area contributed by atoms with Crippen molar-refractivity contribution in [3.05, 3.63) is 76.6 Å². The van der Waals surface area contributed by atoms with Gasteiger partial charge in [0.1, 0.15) is 17.3 Å². The minimum atomic E-state index is -0.640. The second kappa shape index (κ2) is 7.63. The maximum atomic E-state index is 14.6. The summed E-state index contributed by atoms with van der Waals surface area (Å²) in [6.45, 7) is 2.24. The highest BCUT2D eigenvalue weighted by Gasteiger charge is 2.26. The number of hydrogen-bond donors (Lipinski definition) is 2. The topological polar surface area (TPSA) is 69.7 Å². The van der Waals surface area contributed by atoms with E-state index in [0.29, 0.717) is 46.7 Å². The van der Waals surface area contributed by atoms with Gasteiger partial charge in [0, 0.05) is 35.1 Å². The zero-order chi connectivity index (χ0) is 21.5. The first-order valence-electron chi connectivity index (χ1n) is 9.66. The van der Waals surface area contributed by atoms with Crippen molar-refractivity contribution in [2.45, 2.75) is 13.3 Å². The number of H-pyrrole nitrogens is 1. The Hall–Kier alpha value is -3.52. The SMILES string of the molecule is Cc1cc(Nc2ncc3c(n2)-c2ccc(Cl)cc2N(c2c(F)cccc2F)CC3)n[nH]1. The third-order valence-corrected chi connectivity index (χ3v) is 5.36. The summed E-state index contributed by atoms with van der Waals surface area (Å²) in [5.41, 5.74) is 3.62. The zero-order valence-corrected chi connectivity index (χ0v) is 17.2. The van der Waals surface area contributed by atoms with Crippen LogP contribution in [-0.2, 0) is 6.42 Å². The molecule has 0 atom stereocenters. The molecule has 3 heterocycles. The number of benzene rings is 2. The first-order chi connectivity index (χ1) is 15.0. The highest BCUT2D eigenvalue weighted by atomic mass is 35.5. The van der Waals surface area contributed by atoms with Gasteiger partial charge in [0.15, 0.2) is 5.82 Å². The van der Waals surface area contributed by atoms with Gasteiger partial charge in [-0.25, -0.2) is 18.7 Å². The number of halogens is 3. The van der Waals surface area contributed by atoms with Crippen LogP contribution in [0.2, 0.25) is 5.02 Å². The molecule has 0 bridgehead atoms. The Morgan fingerprint density at radius 3 is 2.68 bits per heavy atom. The minimum absolute atomic E-state index is 0.114. The Balaban J connectivity index is 1.64. The van der Waals surface area contributed by atoms with Crippen molar-refractivity contribution < 1.29 is 8.78 Å². The average Bonchev–Trinajstić information content (AvgIpc) is 3.08. The molecule has 2 N–H and O–H groups in total. The summed E-state index contributed by atoms with van der Waals surface area (Å²) in [5, 5.41) is 10.5. The van der Waals surface area contributed by atoms with Crippen LogP contribution in [0.4, 0.5) is 31.9 Å². The Bertz CT molecular complexity index is 1270. The molecule has 5 rings (SSSR count). The molecule has 6 nitrogen and oxygen atoms in total. The predicted octanol–water partition coefficient (Wildman–Crippen LogP) is 5.54. The van der Waals surface area contributed by atoms with Crippen LogP contribution < -0.4 is 10.2 Å². The van der Waals surface area contributed by atoms with Crippen LogP contribution in [0.1, 0.15) is 11.3 Å². The van der Waals surface area contributed by atoms with Crippen LogP contribution >= 0.6 is 11.6 Å². The van der Waals surface area contributed by atoms with Gasteiger partial charge >= 0.3 is 0 Å². The second-order valence-corrected chi connectivity index (χ2v) is 7.70. The van der Waals surface area contributed by atoms with E-state index in [4.69, 9.17) is 11.6 Å². The first-order valence-corrected chi connectivity index (χ1v) is 10.0. The van der Waals surface area contributed by atoms with Crippen molar-refractivity contribution in [3.8, 4) is 11.3 Å². The molecule has 4 aromatic rings. The number of nitrogens with one attached hydrogen (secondary N) is 2. The molecular formula is C22H17ClF2N6. The van der Waals surface area contributed by atoms with E-state index in [9.17, 15) is 8.78 Å². The summed E-state index contributed by atoms with van der Waals surface area (Å²) in [4.78, 5) is 10.7. The molecule has 2 aromatic carbocycles. The second-order valence-electron chi connectivity index (χ2n) is 7.26. The van der Waals surface area contributed by atoms with Crippen molar-refractivity contribution in [1.29, 1.82) is 0 Å². The molecule has 9 heteroatoms. The lowest BCUT2D eigenvalue weighted by Gasteiger charge is -2.26. The largest absolute Gasteiger partial charge is 0.336 e. The number of aryl methyl sites for hydroxylation is 1. The number of fused-ring (bicyclic) bond motifs is 3. The first kappa shape index (κ1) is 19.4. The number of nitrogens with zero attached hydrogens (tertiary/aromatic N) is 4. The molecule has 31 heavy (non-hydrogen) atoms. The lowest BCUT2D eigenvalue weighted by atomic mass is 10.0. The van der Waals surface area contributed by atoms with Gasteiger partial charge in [-0.05, 0) is 49.2 Å². The number of para-hydroxylation sites is 1. The Kier molecular flexibility index (Phi) is 4.78. The molecule has 0 spiro atoms. The molecule has 0 amide bonds. The molecule has 156 valence electrons. The van der Waals surface area contributed by atoms with Crippen LogP contribution in [0.25, 0.3) is 11.3 Å². The van der Waals surface area contributed by atoms with E-state index < -0.39 is 11.6 Å². The van der Waals surface area contributed by atoms with Crippen LogP contribution in [0.15, 0.2) is 48.7 Å². The number of aromatic amines is 1. The third kappa shape index (κ3) is 3.59. The monoisotopic (exact) mass is 438 g/mol. The number of anilines is 4. The summed E-state index contributed by atoms with van der Waals surface area (Å²) < 4.78 is 29.3. The molecule has 2 aromatic heterocycles. The van der Waals surface area contributed by atoms with Gasteiger partial charge in [0.25, 0.3) is 0 Å². The lowest BCUT2D eigenvalue weighted by molar-refractivity contribution is 0.580. The van der Waals surface area contributed by atoms with Crippen molar-refractivity contribution in [1.82, 2.24) is 20.2 Å². The maximum Gasteiger partial charge on any atom is 0.228 e. The number of hydrogen-bond acceptors (Lipinski definition) is 5. The van der Waals surface area contributed by atoms with E-state index in [-0.39, 0.29) is 5.69 Å². The van der Waals surface area contributed by atoms with E-state index in [0.717, 1.165) is 11.3 Å². The quantitative estimate of drug-likeness (QED) is 0.439. The van der Waals surface area contributed by atoms with Gasteiger partial charge < -0.3 is 10.2 Å². The average molecular weight is 439 g/mol. The Morgan fingerprint density at radius 1 is 1.13 bits per heavy atom. The summed E-state index contributed by atoms with van der Waals surface area (Å²) in [6, 6.07) is 10.9. The molecule has 1 aliphatic rings. The van der Waals surface area contributed by atoms with Crippen molar-refractivity contribution in [2.75, 3.05) is 16.8 Å². The highest BCUT2D eigenvalue weighted by molar-refractivity contribution is 6.31. The summed E-state index contributed by atoms with van der Waals surface area (Å²) in [5.74, 6) is -0.312. The van der Waals surface area contributed by atoms with Gasteiger partial charge in [-0.15, -0.1) is 0 Å². The minimum Gasteiger partial charge on any atom is -0.336 e. The molecular weight excluding hydrogens is 422 g/mol. The van der Waals surface area contributed by atoms with Gasteiger partial charge in [0.05, 0.1) is 11.4 Å². The van der Waals surface area contributed by atoms with E-state index in [1.54, 1.807) is 23.2 Å². The number of rotatable bonds is 3. The van der Waals surface area contributed by atoms with Gasteiger partial charge in [-0.1, -0.05) is 17.7 Å². The van der Waals surface area contributed by atoms with Crippen LogP contribution in [0, 0.1) is 18.6 Å². The predicted molar refractivity (Wildman–Crippen MR) is 116 cm³/mol. The Labute approximate surface area is 181 Å². The highest BCUT2D eigenvalue weighted by Crippen LogP contribution is 2.42. The molecule has 0 saturated heterocycles. The van der Waals surface area contributed by atoms with Crippen LogP contribution in [-0.4, -0.2) is 26.7 Å². The fourth-order valence-corrected chi connectivity index (χ4v) is 3.91. The lowest BCUT2D eigenvalue weighted by Crippen LogP contribution is -2.21. The normalized spacial score (nSPS) is 12.8. The smallest absolute Gasteiger partial charge is 0.228 e. The summed E-state index contributed by atoms with van der Waals surface area (Å²) >= 11 is 6.26. The zero-order valence-electron chi connectivity index (χ0n) is 16.5. The fraction of sp³-hybridized carbons (Fsp3) is 0.136. The van der Waals surface area contributed by atoms with E-state index >= 15 is 0 Å². The summed E-state index contributed by atoms with van der Waals surface area (Å²) in [6.07, 6.45) is 2.22.